The normalized spacial score (nSPS) is 11.7. The van der Waals surface area contributed by atoms with Gasteiger partial charge < -0.3 is 0 Å². The summed E-state index contributed by atoms with van der Waals surface area (Å²) in [6, 6.07) is 0. The van der Waals surface area contributed by atoms with Crippen molar-refractivity contribution in [1.29, 1.82) is 0 Å². The standard InChI is InChI=1S/C12H20Si/c1-4-7-11(8-5-2)10-12(13)9-6-3/h4-6,10,12H,1-3,7-9H2,13H3. The van der Waals surface area contributed by atoms with Crippen LogP contribution in [-0.2, 0) is 0 Å². The van der Waals surface area contributed by atoms with Crippen LogP contribution in [0, 0.1) is 0 Å². The Morgan fingerprint density at radius 2 is 1.62 bits per heavy atom. The maximum Gasteiger partial charge on any atom is 0.0119 e. The van der Waals surface area contributed by atoms with Crippen LogP contribution in [0.25, 0.3) is 0 Å². The highest BCUT2D eigenvalue weighted by Crippen LogP contribution is 2.16. The van der Waals surface area contributed by atoms with E-state index in [1.165, 1.54) is 15.8 Å². The van der Waals surface area contributed by atoms with Crippen molar-refractivity contribution in [3.8, 4) is 0 Å². The van der Waals surface area contributed by atoms with E-state index in [0.29, 0.717) is 5.54 Å². The van der Waals surface area contributed by atoms with Gasteiger partial charge in [-0.3, -0.25) is 0 Å². The Labute approximate surface area is 85.2 Å². The second kappa shape index (κ2) is 7.81. The molecule has 1 heteroatoms. The quantitative estimate of drug-likeness (QED) is 0.430. The van der Waals surface area contributed by atoms with Gasteiger partial charge in [-0.25, -0.2) is 0 Å². The number of allylic oxidation sites excluding steroid dienone is 5. The zero-order valence-corrected chi connectivity index (χ0v) is 10.6. The van der Waals surface area contributed by atoms with Gasteiger partial charge in [-0.2, -0.15) is 0 Å². The van der Waals surface area contributed by atoms with Crippen molar-refractivity contribution in [1.82, 2.24) is 0 Å². The SMILES string of the molecule is C=CCC(=CC([SiH3])CC=C)CC=C. The number of rotatable bonds is 7. The van der Waals surface area contributed by atoms with Gasteiger partial charge in [-0.05, 0) is 24.8 Å². The zero-order valence-electron chi connectivity index (χ0n) is 8.63. The second-order valence-electron chi connectivity index (χ2n) is 3.31. The lowest BCUT2D eigenvalue weighted by Gasteiger charge is -2.06. The highest BCUT2D eigenvalue weighted by Gasteiger charge is 1.97. The zero-order chi connectivity index (χ0) is 10.1. The van der Waals surface area contributed by atoms with Crippen molar-refractivity contribution in [2.24, 2.45) is 0 Å². The molecular weight excluding hydrogens is 172 g/mol. The molecule has 0 radical (unpaired) electrons. The Bertz CT molecular complexity index is 189. The first-order chi connectivity index (χ1) is 6.24. The smallest absolute Gasteiger partial charge is 0.0119 e. The fourth-order valence-electron chi connectivity index (χ4n) is 1.32. The first kappa shape index (κ1) is 12.2. The van der Waals surface area contributed by atoms with Gasteiger partial charge in [0.2, 0.25) is 0 Å². The lowest BCUT2D eigenvalue weighted by atomic mass is 10.1. The van der Waals surface area contributed by atoms with Crippen LogP contribution >= 0.6 is 0 Å². The fraction of sp³-hybridized carbons (Fsp3) is 0.333. The highest BCUT2D eigenvalue weighted by atomic mass is 28.1. The molecule has 0 spiro atoms. The Hall–Kier alpha value is -0.823. The molecule has 1 unspecified atom stereocenters. The monoisotopic (exact) mass is 192 g/mol. The Kier molecular flexibility index (Phi) is 7.31. The van der Waals surface area contributed by atoms with E-state index in [2.05, 4.69) is 25.8 Å². The van der Waals surface area contributed by atoms with E-state index in [1.54, 1.807) is 0 Å². The molecule has 0 nitrogen and oxygen atoms in total. The molecule has 0 amide bonds. The molecule has 0 aromatic rings. The molecule has 0 aliphatic carbocycles. The van der Waals surface area contributed by atoms with E-state index in [-0.39, 0.29) is 0 Å². The molecule has 0 aliphatic rings. The van der Waals surface area contributed by atoms with Gasteiger partial charge >= 0.3 is 0 Å². The second-order valence-corrected chi connectivity index (χ2v) is 4.80. The predicted molar refractivity (Wildman–Crippen MR) is 66.2 cm³/mol. The van der Waals surface area contributed by atoms with Gasteiger partial charge in [0.1, 0.15) is 0 Å². The summed E-state index contributed by atoms with van der Waals surface area (Å²) in [5.74, 6) is 0. The first-order valence-corrected chi connectivity index (χ1v) is 5.92. The van der Waals surface area contributed by atoms with Crippen molar-refractivity contribution < 1.29 is 0 Å². The summed E-state index contributed by atoms with van der Waals surface area (Å²) in [5.41, 5.74) is 2.15. The van der Waals surface area contributed by atoms with E-state index < -0.39 is 0 Å². The van der Waals surface area contributed by atoms with Crippen LogP contribution in [0.3, 0.4) is 0 Å². The van der Waals surface area contributed by atoms with Crippen molar-refractivity contribution in [3.63, 3.8) is 0 Å². The summed E-state index contributed by atoms with van der Waals surface area (Å²) < 4.78 is 0. The lowest BCUT2D eigenvalue weighted by molar-refractivity contribution is 0.994. The molecule has 0 aromatic heterocycles. The van der Waals surface area contributed by atoms with Crippen LogP contribution in [0.2, 0.25) is 5.54 Å². The molecule has 0 rings (SSSR count). The van der Waals surface area contributed by atoms with Gasteiger partial charge in [-0.1, -0.05) is 29.9 Å². The molecule has 0 fully saturated rings. The molecule has 0 saturated heterocycles. The van der Waals surface area contributed by atoms with E-state index in [4.69, 9.17) is 0 Å². The molecular formula is C12H20Si. The van der Waals surface area contributed by atoms with E-state index >= 15 is 0 Å². The third kappa shape index (κ3) is 6.35. The van der Waals surface area contributed by atoms with Crippen LogP contribution < -0.4 is 0 Å². The first-order valence-electron chi connectivity index (χ1n) is 4.76. The maximum absolute atomic E-state index is 3.75. The van der Waals surface area contributed by atoms with E-state index in [1.807, 2.05) is 18.2 Å². The van der Waals surface area contributed by atoms with Crippen molar-refractivity contribution in [3.05, 3.63) is 49.6 Å². The van der Waals surface area contributed by atoms with Crippen LogP contribution in [-0.4, -0.2) is 10.2 Å². The summed E-state index contributed by atoms with van der Waals surface area (Å²) >= 11 is 0. The molecule has 1 atom stereocenters. The average Bonchev–Trinajstić information content (AvgIpc) is 2.05. The van der Waals surface area contributed by atoms with Gasteiger partial charge in [0.05, 0.1) is 0 Å². The fourth-order valence-corrected chi connectivity index (χ4v) is 2.13. The molecule has 72 valence electrons. The maximum atomic E-state index is 3.75. The predicted octanol–water partition coefficient (Wildman–Crippen LogP) is 2.80. The molecule has 0 bridgehead atoms. The van der Waals surface area contributed by atoms with Gasteiger partial charge in [0.25, 0.3) is 0 Å². The van der Waals surface area contributed by atoms with Crippen LogP contribution in [0.15, 0.2) is 49.6 Å². The van der Waals surface area contributed by atoms with E-state index in [0.717, 1.165) is 19.3 Å². The molecule has 0 saturated carbocycles. The van der Waals surface area contributed by atoms with Gasteiger partial charge in [-0.15, -0.1) is 19.7 Å². The molecule has 0 aromatic carbocycles. The summed E-state index contributed by atoms with van der Waals surface area (Å²) in [7, 11) is 1.19. The highest BCUT2D eigenvalue weighted by molar-refractivity contribution is 6.13. The topological polar surface area (TPSA) is 0 Å². The van der Waals surface area contributed by atoms with Crippen molar-refractivity contribution in [2.75, 3.05) is 0 Å². The molecule has 0 N–H and O–H groups in total. The van der Waals surface area contributed by atoms with Crippen molar-refractivity contribution in [2.45, 2.75) is 24.8 Å². The minimum absolute atomic E-state index is 0.715. The van der Waals surface area contributed by atoms with Crippen molar-refractivity contribution >= 4 is 10.2 Å². The molecule has 0 aliphatic heterocycles. The third-order valence-electron chi connectivity index (χ3n) is 1.87. The number of hydrogen-bond acceptors (Lipinski definition) is 0. The van der Waals surface area contributed by atoms with E-state index in [9.17, 15) is 0 Å². The van der Waals surface area contributed by atoms with Crippen LogP contribution in [0.4, 0.5) is 0 Å². The molecule has 0 heterocycles. The van der Waals surface area contributed by atoms with Gasteiger partial charge in [0.15, 0.2) is 0 Å². The third-order valence-corrected chi connectivity index (χ3v) is 2.68. The average molecular weight is 192 g/mol. The van der Waals surface area contributed by atoms with Crippen LogP contribution in [0.1, 0.15) is 19.3 Å². The van der Waals surface area contributed by atoms with Crippen LogP contribution in [0.5, 0.6) is 0 Å². The largest absolute Gasteiger partial charge is 0.103 e. The summed E-state index contributed by atoms with van der Waals surface area (Å²) in [5, 5.41) is 0. The minimum Gasteiger partial charge on any atom is -0.103 e. The molecule has 13 heavy (non-hydrogen) atoms. The summed E-state index contributed by atoms with van der Waals surface area (Å²) in [6.45, 7) is 11.3. The Morgan fingerprint density at radius 3 is 2.00 bits per heavy atom. The summed E-state index contributed by atoms with van der Waals surface area (Å²) in [4.78, 5) is 0. The van der Waals surface area contributed by atoms with Gasteiger partial charge in [0, 0.05) is 10.2 Å². The number of hydrogen-bond donors (Lipinski definition) is 0. The summed E-state index contributed by atoms with van der Waals surface area (Å²) in [6.07, 6.45) is 11.3. The Balaban J connectivity index is 4.21. The Morgan fingerprint density at radius 1 is 1.08 bits per heavy atom. The minimum atomic E-state index is 0.715. The lowest BCUT2D eigenvalue weighted by Crippen LogP contribution is -1.89.